The molecule has 1 atom stereocenters. The Balaban J connectivity index is 2.82. The maximum Gasteiger partial charge on any atom is 0.123 e. The number of rotatable bonds is 10. The van der Waals surface area contributed by atoms with Gasteiger partial charge in [0.05, 0.1) is 6.61 Å². The molecule has 1 aromatic carbocycles. The zero-order chi connectivity index (χ0) is 15.7. The summed E-state index contributed by atoms with van der Waals surface area (Å²) in [6, 6.07) is 5.08. The van der Waals surface area contributed by atoms with Gasteiger partial charge in [0.15, 0.2) is 0 Å². The standard InChI is InChI=1S/C17H29FN2O/c1-5-14(3)13-20(6-2)17-8-7-16(18)11-15(17)12-19-9-10-21-4/h7-8,11,14,19H,5-6,9-10,12-13H2,1-4H3. The van der Waals surface area contributed by atoms with E-state index in [-0.39, 0.29) is 5.82 Å². The monoisotopic (exact) mass is 296 g/mol. The van der Waals surface area contributed by atoms with Crippen molar-refractivity contribution in [1.29, 1.82) is 0 Å². The van der Waals surface area contributed by atoms with Crippen LogP contribution in [-0.2, 0) is 11.3 Å². The van der Waals surface area contributed by atoms with Gasteiger partial charge < -0.3 is 15.0 Å². The molecule has 1 unspecified atom stereocenters. The summed E-state index contributed by atoms with van der Waals surface area (Å²) in [6.45, 7) is 10.6. The Bertz CT molecular complexity index is 412. The highest BCUT2D eigenvalue weighted by molar-refractivity contribution is 5.54. The Morgan fingerprint density at radius 2 is 2.10 bits per heavy atom. The summed E-state index contributed by atoms with van der Waals surface area (Å²) in [7, 11) is 1.68. The van der Waals surface area contributed by atoms with E-state index in [1.54, 1.807) is 19.2 Å². The summed E-state index contributed by atoms with van der Waals surface area (Å²) in [4.78, 5) is 2.33. The highest BCUT2D eigenvalue weighted by atomic mass is 19.1. The third-order valence-electron chi connectivity index (χ3n) is 3.79. The van der Waals surface area contributed by atoms with E-state index in [1.165, 1.54) is 0 Å². The fourth-order valence-electron chi connectivity index (χ4n) is 2.30. The Kier molecular flexibility index (Phi) is 8.31. The summed E-state index contributed by atoms with van der Waals surface area (Å²) >= 11 is 0. The highest BCUT2D eigenvalue weighted by Gasteiger charge is 2.13. The van der Waals surface area contributed by atoms with Gasteiger partial charge in [0, 0.05) is 39.0 Å². The molecule has 1 rings (SSSR count). The molecule has 0 fully saturated rings. The Hall–Kier alpha value is -1.13. The number of hydrogen-bond acceptors (Lipinski definition) is 3. The van der Waals surface area contributed by atoms with Gasteiger partial charge in [-0.25, -0.2) is 4.39 Å². The van der Waals surface area contributed by atoms with E-state index in [4.69, 9.17) is 4.74 Å². The van der Waals surface area contributed by atoms with E-state index in [0.29, 0.717) is 19.1 Å². The van der Waals surface area contributed by atoms with E-state index in [0.717, 1.165) is 37.3 Å². The number of anilines is 1. The van der Waals surface area contributed by atoms with Crippen LogP contribution in [0.15, 0.2) is 18.2 Å². The molecule has 0 spiro atoms. The van der Waals surface area contributed by atoms with Crippen molar-refractivity contribution < 1.29 is 9.13 Å². The van der Waals surface area contributed by atoms with Gasteiger partial charge in [0.25, 0.3) is 0 Å². The Morgan fingerprint density at radius 3 is 2.71 bits per heavy atom. The summed E-state index contributed by atoms with van der Waals surface area (Å²) in [5.41, 5.74) is 2.14. The third-order valence-corrected chi connectivity index (χ3v) is 3.79. The summed E-state index contributed by atoms with van der Waals surface area (Å²) in [5, 5.41) is 3.30. The maximum atomic E-state index is 13.5. The van der Waals surface area contributed by atoms with Crippen LogP contribution < -0.4 is 10.2 Å². The average Bonchev–Trinajstić information content (AvgIpc) is 2.49. The zero-order valence-corrected chi connectivity index (χ0v) is 13.8. The van der Waals surface area contributed by atoms with Crippen LogP contribution in [0.25, 0.3) is 0 Å². The van der Waals surface area contributed by atoms with Crippen LogP contribution in [0.4, 0.5) is 10.1 Å². The van der Waals surface area contributed by atoms with E-state index in [2.05, 4.69) is 31.0 Å². The topological polar surface area (TPSA) is 24.5 Å². The van der Waals surface area contributed by atoms with Gasteiger partial charge in [-0.05, 0) is 36.6 Å². The molecule has 0 aromatic heterocycles. The van der Waals surface area contributed by atoms with Crippen LogP contribution in [-0.4, -0.2) is 33.4 Å². The van der Waals surface area contributed by atoms with Crippen molar-refractivity contribution >= 4 is 5.69 Å². The number of benzene rings is 1. The first-order valence-corrected chi connectivity index (χ1v) is 7.85. The minimum absolute atomic E-state index is 0.179. The fourth-order valence-corrected chi connectivity index (χ4v) is 2.30. The molecule has 0 aliphatic heterocycles. The predicted molar refractivity (Wildman–Crippen MR) is 87.3 cm³/mol. The number of ether oxygens (including phenoxy) is 1. The van der Waals surface area contributed by atoms with Crippen LogP contribution in [0.1, 0.15) is 32.8 Å². The van der Waals surface area contributed by atoms with Crippen molar-refractivity contribution in [2.45, 2.75) is 33.7 Å². The first kappa shape index (κ1) is 17.9. The normalized spacial score (nSPS) is 12.4. The van der Waals surface area contributed by atoms with Crippen LogP contribution >= 0.6 is 0 Å². The lowest BCUT2D eigenvalue weighted by Gasteiger charge is -2.28. The van der Waals surface area contributed by atoms with Crippen LogP contribution in [0.3, 0.4) is 0 Å². The third kappa shape index (κ3) is 6.02. The lowest BCUT2D eigenvalue weighted by atomic mass is 10.1. The van der Waals surface area contributed by atoms with E-state index < -0.39 is 0 Å². The Morgan fingerprint density at radius 1 is 1.33 bits per heavy atom. The molecule has 1 N–H and O–H groups in total. The molecule has 4 heteroatoms. The lowest BCUT2D eigenvalue weighted by molar-refractivity contribution is 0.199. The molecule has 0 saturated carbocycles. The smallest absolute Gasteiger partial charge is 0.123 e. The molecule has 0 amide bonds. The predicted octanol–water partition coefficient (Wildman–Crippen LogP) is 3.43. The van der Waals surface area contributed by atoms with Gasteiger partial charge in [-0.3, -0.25) is 0 Å². The maximum absolute atomic E-state index is 13.5. The van der Waals surface area contributed by atoms with E-state index >= 15 is 0 Å². The zero-order valence-electron chi connectivity index (χ0n) is 13.8. The quantitative estimate of drug-likeness (QED) is 0.669. The minimum Gasteiger partial charge on any atom is -0.383 e. The summed E-state index contributed by atoms with van der Waals surface area (Å²) in [5.74, 6) is 0.450. The minimum atomic E-state index is -0.179. The largest absolute Gasteiger partial charge is 0.383 e. The molecule has 0 radical (unpaired) electrons. The second kappa shape index (κ2) is 9.74. The molecular weight excluding hydrogens is 267 g/mol. The summed E-state index contributed by atoms with van der Waals surface area (Å²) < 4.78 is 18.6. The fraction of sp³-hybridized carbons (Fsp3) is 0.647. The second-order valence-electron chi connectivity index (χ2n) is 5.49. The molecule has 3 nitrogen and oxygen atoms in total. The molecule has 21 heavy (non-hydrogen) atoms. The van der Waals surface area contributed by atoms with Gasteiger partial charge in [0.2, 0.25) is 0 Å². The second-order valence-corrected chi connectivity index (χ2v) is 5.49. The van der Waals surface area contributed by atoms with Crippen LogP contribution in [0, 0.1) is 11.7 Å². The van der Waals surface area contributed by atoms with Crippen molar-refractivity contribution in [2.24, 2.45) is 5.92 Å². The van der Waals surface area contributed by atoms with Crippen molar-refractivity contribution in [2.75, 3.05) is 38.3 Å². The van der Waals surface area contributed by atoms with Crippen molar-refractivity contribution in [3.05, 3.63) is 29.6 Å². The number of halogens is 1. The Labute approximate surface area is 128 Å². The lowest BCUT2D eigenvalue weighted by Crippen LogP contribution is -2.30. The van der Waals surface area contributed by atoms with E-state index in [9.17, 15) is 4.39 Å². The average molecular weight is 296 g/mol. The van der Waals surface area contributed by atoms with Crippen molar-refractivity contribution in [3.8, 4) is 0 Å². The molecule has 0 bridgehead atoms. The molecule has 0 aliphatic carbocycles. The van der Waals surface area contributed by atoms with Crippen molar-refractivity contribution in [3.63, 3.8) is 0 Å². The molecule has 0 heterocycles. The number of nitrogens with one attached hydrogen (secondary N) is 1. The van der Waals surface area contributed by atoms with Crippen molar-refractivity contribution in [1.82, 2.24) is 5.32 Å². The van der Waals surface area contributed by atoms with Crippen LogP contribution in [0.2, 0.25) is 0 Å². The SMILES string of the molecule is CCC(C)CN(CC)c1ccc(F)cc1CNCCOC. The number of nitrogens with zero attached hydrogens (tertiary/aromatic N) is 1. The molecule has 0 saturated heterocycles. The van der Waals surface area contributed by atoms with Gasteiger partial charge in [0.1, 0.15) is 5.82 Å². The molecule has 120 valence electrons. The van der Waals surface area contributed by atoms with E-state index in [1.807, 2.05) is 6.07 Å². The number of hydrogen-bond donors (Lipinski definition) is 1. The first-order chi connectivity index (χ1) is 10.1. The highest BCUT2D eigenvalue weighted by Crippen LogP contribution is 2.23. The van der Waals surface area contributed by atoms with Gasteiger partial charge in [-0.1, -0.05) is 20.3 Å². The molecule has 1 aromatic rings. The van der Waals surface area contributed by atoms with Gasteiger partial charge >= 0.3 is 0 Å². The van der Waals surface area contributed by atoms with Gasteiger partial charge in [-0.2, -0.15) is 0 Å². The molecular formula is C17H29FN2O. The first-order valence-electron chi connectivity index (χ1n) is 7.85. The summed E-state index contributed by atoms with van der Waals surface area (Å²) in [6.07, 6.45) is 1.15. The van der Waals surface area contributed by atoms with Crippen LogP contribution in [0.5, 0.6) is 0 Å². The molecule has 0 aliphatic rings. The van der Waals surface area contributed by atoms with Gasteiger partial charge in [-0.15, -0.1) is 0 Å². The number of methoxy groups -OCH3 is 1.